The molecule has 1 heterocycles. The summed E-state index contributed by atoms with van der Waals surface area (Å²) in [5.74, 6) is 0.383. The number of esters is 1. The number of hydrogen-bond acceptors (Lipinski definition) is 5. The Bertz CT molecular complexity index is 459. The first-order valence-corrected chi connectivity index (χ1v) is 6.09. The summed E-state index contributed by atoms with van der Waals surface area (Å²) in [4.78, 5) is 23.1. The minimum absolute atomic E-state index is 0. The molecule has 1 atom stereocenters. The van der Waals surface area contributed by atoms with E-state index in [1.54, 1.807) is 20.0 Å². The van der Waals surface area contributed by atoms with Gasteiger partial charge in [0.1, 0.15) is 17.1 Å². The van der Waals surface area contributed by atoms with Crippen LogP contribution in [0.4, 0.5) is 0 Å². The standard InChI is InChI=1S/C13H20N2O4.ClH/c1-8(6-14-3)12(16)15-7-10-5-11(9(2)19-10)13(17)18-4;/h5,8,14H,6-7H2,1-4H3,(H,15,16);1H. The maximum Gasteiger partial charge on any atom is 0.341 e. The highest BCUT2D eigenvalue weighted by atomic mass is 35.5. The summed E-state index contributed by atoms with van der Waals surface area (Å²) in [6.45, 7) is 4.38. The second-order valence-electron chi connectivity index (χ2n) is 4.35. The van der Waals surface area contributed by atoms with Crippen LogP contribution in [0, 0.1) is 12.8 Å². The van der Waals surface area contributed by atoms with E-state index in [4.69, 9.17) is 4.42 Å². The zero-order chi connectivity index (χ0) is 14.4. The summed E-state index contributed by atoms with van der Waals surface area (Å²) in [6, 6.07) is 1.59. The Morgan fingerprint density at radius 1 is 1.45 bits per heavy atom. The Morgan fingerprint density at radius 3 is 2.65 bits per heavy atom. The van der Waals surface area contributed by atoms with Gasteiger partial charge in [0.15, 0.2) is 0 Å². The Kier molecular flexibility index (Phi) is 7.94. The van der Waals surface area contributed by atoms with Crippen molar-refractivity contribution in [2.75, 3.05) is 20.7 Å². The first kappa shape index (κ1) is 18.5. The van der Waals surface area contributed by atoms with Gasteiger partial charge in [-0.05, 0) is 20.0 Å². The van der Waals surface area contributed by atoms with Gasteiger partial charge in [0, 0.05) is 12.5 Å². The van der Waals surface area contributed by atoms with Gasteiger partial charge in [0.25, 0.3) is 0 Å². The zero-order valence-corrected chi connectivity index (χ0v) is 12.9. The molecule has 6 nitrogen and oxygen atoms in total. The number of hydrogen-bond donors (Lipinski definition) is 2. The fraction of sp³-hybridized carbons (Fsp3) is 0.538. The summed E-state index contributed by atoms with van der Waals surface area (Å²) < 4.78 is 10.0. The lowest BCUT2D eigenvalue weighted by Gasteiger charge is -2.10. The van der Waals surface area contributed by atoms with E-state index in [1.165, 1.54) is 7.11 Å². The second-order valence-corrected chi connectivity index (χ2v) is 4.35. The molecular formula is C13H21ClN2O4. The third-order valence-corrected chi connectivity index (χ3v) is 2.77. The molecule has 7 heteroatoms. The van der Waals surface area contributed by atoms with E-state index in [0.717, 1.165) is 0 Å². The first-order valence-electron chi connectivity index (χ1n) is 6.09. The van der Waals surface area contributed by atoms with Crippen molar-refractivity contribution in [3.63, 3.8) is 0 Å². The molecule has 1 amide bonds. The number of rotatable bonds is 6. The number of carbonyl (C=O) groups is 2. The van der Waals surface area contributed by atoms with Crippen molar-refractivity contribution in [2.24, 2.45) is 5.92 Å². The van der Waals surface area contributed by atoms with Gasteiger partial charge in [0.2, 0.25) is 5.91 Å². The molecule has 0 aliphatic heterocycles. The lowest BCUT2D eigenvalue weighted by Crippen LogP contribution is -2.33. The fourth-order valence-electron chi connectivity index (χ4n) is 1.69. The highest BCUT2D eigenvalue weighted by molar-refractivity contribution is 5.90. The van der Waals surface area contributed by atoms with E-state index in [9.17, 15) is 9.59 Å². The first-order chi connectivity index (χ1) is 8.99. The lowest BCUT2D eigenvalue weighted by atomic mass is 10.1. The number of furan rings is 1. The van der Waals surface area contributed by atoms with Crippen LogP contribution in [-0.4, -0.2) is 32.6 Å². The SMILES string of the molecule is CNCC(C)C(=O)NCc1cc(C(=O)OC)c(C)o1.Cl. The lowest BCUT2D eigenvalue weighted by molar-refractivity contribution is -0.124. The topological polar surface area (TPSA) is 80.6 Å². The molecule has 0 radical (unpaired) electrons. The van der Waals surface area contributed by atoms with Gasteiger partial charge >= 0.3 is 5.97 Å². The van der Waals surface area contributed by atoms with E-state index >= 15 is 0 Å². The van der Waals surface area contributed by atoms with Crippen LogP contribution in [-0.2, 0) is 16.1 Å². The number of carbonyl (C=O) groups excluding carboxylic acids is 2. The van der Waals surface area contributed by atoms with Crippen LogP contribution in [0.2, 0.25) is 0 Å². The molecule has 0 saturated heterocycles. The van der Waals surface area contributed by atoms with E-state index < -0.39 is 5.97 Å². The molecule has 0 bridgehead atoms. The van der Waals surface area contributed by atoms with Gasteiger partial charge in [-0.1, -0.05) is 6.92 Å². The molecule has 20 heavy (non-hydrogen) atoms. The molecule has 1 rings (SSSR count). The quantitative estimate of drug-likeness (QED) is 0.774. The number of ether oxygens (including phenoxy) is 1. The summed E-state index contributed by atoms with van der Waals surface area (Å²) in [5.41, 5.74) is 0.384. The summed E-state index contributed by atoms with van der Waals surface area (Å²) in [5, 5.41) is 5.69. The van der Waals surface area contributed by atoms with Gasteiger partial charge in [-0.2, -0.15) is 0 Å². The maximum atomic E-state index is 11.7. The number of methoxy groups -OCH3 is 1. The Hall–Kier alpha value is -1.53. The molecule has 0 spiro atoms. The van der Waals surface area contributed by atoms with Gasteiger partial charge in [0.05, 0.1) is 13.7 Å². The zero-order valence-electron chi connectivity index (χ0n) is 12.1. The molecule has 1 aromatic rings. The average molecular weight is 305 g/mol. The molecule has 0 aromatic carbocycles. The van der Waals surface area contributed by atoms with Crippen molar-refractivity contribution in [3.05, 3.63) is 23.2 Å². The van der Waals surface area contributed by atoms with E-state index in [-0.39, 0.29) is 30.8 Å². The van der Waals surface area contributed by atoms with E-state index in [1.807, 2.05) is 6.92 Å². The fourth-order valence-corrected chi connectivity index (χ4v) is 1.69. The number of halogens is 1. The van der Waals surface area contributed by atoms with Crippen LogP contribution < -0.4 is 10.6 Å². The van der Waals surface area contributed by atoms with Crippen LogP contribution in [0.25, 0.3) is 0 Å². The predicted octanol–water partition coefficient (Wildman–Crippen LogP) is 1.27. The third kappa shape index (κ3) is 4.86. The van der Waals surface area contributed by atoms with Crippen molar-refractivity contribution < 1.29 is 18.7 Å². The smallest absolute Gasteiger partial charge is 0.341 e. The molecule has 2 N–H and O–H groups in total. The minimum atomic E-state index is -0.442. The molecule has 0 fully saturated rings. The normalized spacial score (nSPS) is 11.4. The van der Waals surface area contributed by atoms with Gasteiger partial charge in [-0.25, -0.2) is 4.79 Å². The summed E-state index contributed by atoms with van der Waals surface area (Å²) >= 11 is 0. The number of amides is 1. The van der Waals surface area contributed by atoms with Crippen LogP contribution >= 0.6 is 12.4 Å². The highest BCUT2D eigenvalue weighted by Crippen LogP contribution is 2.15. The molecule has 0 aliphatic carbocycles. The summed E-state index contributed by atoms with van der Waals surface area (Å²) in [6.07, 6.45) is 0. The van der Waals surface area contributed by atoms with Crippen LogP contribution in [0.15, 0.2) is 10.5 Å². The van der Waals surface area contributed by atoms with Gasteiger partial charge < -0.3 is 19.8 Å². The predicted molar refractivity (Wildman–Crippen MR) is 77.0 cm³/mol. The van der Waals surface area contributed by atoms with Gasteiger partial charge in [-0.3, -0.25) is 4.79 Å². The van der Waals surface area contributed by atoms with Crippen molar-refractivity contribution >= 4 is 24.3 Å². The van der Waals surface area contributed by atoms with E-state index in [0.29, 0.717) is 23.6 Å². The van der Waals surface area contributed by atoms with Crippen LogP contribution in [0.1, 0.15) is 28.8 Å². The van der Waals surface area contributed by atoms with Crippen LogP contribution in [0.3, 0.4) is 0 Å². The highest BCUT2D eigenvalue weighted by Gasteiger charge is 2.16. The molecule has 114 valence electrons. The summed E-state index contributed by atoms with van der Waals surface area (Å²) in [7, 11) is 3.11. The second kappa shape index (κ2) is 8.60. The van der Waals surface area contributed by atoms with Crippen molar-refractivity contribution in [1.29, 1.82) is 0 Å². The Morgan fingerprint density at radius 2 is 2.10 bits per heavy atom. The monoisotopic (exact) mass is 304 g/mol. The minimum Gasteiger partial charge on any atom is -0.465 e. The number of aryl methyl sites for hydroxylation is 1. The molecule has 1 unspecified atom stereocenters. The molecular weight excluding hydrogens is 284 g/mol. The van der Waals surface area contributed by atoms with E-state index in [2.05, 4.69) is 15.4 Å². The van der Waals surface area contributed by atoms with Crippen LogP contribution in [0.5, 0.6) is 0 Å². The van der Waals surface area contributed by atoms with Gasteiger partial charge in [-0.15, -0.1) is 12.4 Å². The Labute approximate surface area is 124 Å². The largest absolute Gasteiger partial charge is 0.465 e. The molecule has 1 aromatic heterocycles. The average Bonchev–Trinajstić information content (AvgIpc) is 2.76. The van der Waals surface area contributed by atoms with Crippen molar-refractivity contribution in [3.8, 4) is 0 Å². The molecule has 0 saturated carbocycles. The third-order valence-electron chi connectivity index (χ3n) is 2.77. The van der Waals surface area contributed by atoms with Crippen molar-refractivity contribution in [1.82, 2.24) is 10.6 Å². The maximum absolute atomic E-state index is 11.7. The number of nitrogens with one attached hydrogen (secondary N) is 2. The molecule has 0 aliphatic rings. The Balaban J connectivity index is 0.00000361. The van der Waals surface area contributed by atoms with Crippen molar-refractivity contribution in [2.45, 2.75) is 20.4 Å².